The minimum absolute atomic E-state index is 0.736. The molecule has 2 nitrogen and oxygen atoms in total. The molecule has 0 amide bonds. The van der Waals surface area contributed by atoms with Gasteiger partial charge in [0.25, 0.3) is 0 Å². The van der Waals surface area contributed by atoms with Gasteiger partial charge in [0.15, 0.2) is 0 Å². The Bertz CT molecular complexity index is 396. The van der Waals surface area contributed by atoms with Crippen molar-refractivity contribution in [3.05, 3.63) is 28.7 Å². The molecule has 1 saturated carbocycles. The topological polar surface area (TPSA) is 12.5 Å². The predicted octanol–water partition coefficient (Wildman–Crippen LogP) is 4.34. The second-order valence-corrected chi connectivity index (χ2v) is 6.53. The fraction of sp³-hybridized carbons (Fsp3) is 0.625. The van der Waals surface area contributed by atoms with Gasteiger partial charge in [0.05, 0.1) is 0 Å². The maximum absolute atomic E-state index is 5.81. The lowest BCUT2D eigenvalue weighted by atomic mass is 9.85. The quantitative estimate of drug-likeness (QED) is 0.798. The molecule has 1 aromatic rings. The Hall–Kier alpha value is -0.540. The van der Waals surface area contributed by atoms with E-state index in [0.29, 0.717) is 0 Å². The highest BCUT2D eigenvalue weighted by atomic mass is 79.9. The molecule has 2 atom stereocenters. The van der Waals surface area contributed by atoms with Gasteiger partial charge in [-0.15, -0.1) is 0 Å². The van der Waals surface area contributed by atoms with Gasteiger partial charge in [-0.05, 0) is 44.0 Å². The number of nitrogens with zero attached hydrogens (tertiary/aromatic N) is 1. The zero-order valence-corrected chi connectivity index (χ0v) is 13.5. The second kappa shape index (κ2) is 7.30. The Labute approximate surface area is 125 Å². The average Bonchev–Trinajstić information content (AvgIpc) is 2.39. The molecule has 1 aliphatic carbocycles. The number of hydrogen-bond donors (Lipinski definition) is 0. The first-order valence-corrected chi connectivity index (χ1v) is 8.04. The summed E-state index contributed by atoms with van der Waals surface area (Å²) in [5.74, 6) is 1.77. The van der Waals surface area contributed by atoms with Crippen molar-refractivity contribution >= 4 is 15.9 Å². The van der Waals surface area contributed by atoms with Crippen molar-refractivity contribution in [1.29, 1.82) is 0 Å². The fourth-order valence-corrected chi connectivity index (χ4v) is 3.36. The van der Waals surface area contributed by atoms with Crippen LogP contribution in [-0.2, 0) is 0 Å². The number of benzene rings is 1. The Morgan fingerprint density at radius 3 is 2.84 bits per heavy atom. The molecule has 0 spiro atoms. The van der Waals surface area contributed by atoms with Crippen molar-refractivity contribution in [2.45, 2.75) is 38.6 Å². The monoisotopic (exact) mass is 325 g/mol. The SMILES string of the molecule is CC1CCCCC1N(C)CCOc1cccc(Br)c1. The Balaban J connectivity index is 1.75. The number of hydrogen-bond acceptors (Lipinski definition) is 2. The molecule has 0 aromatic heterocycles. The summed E-state index contributed by atoms with van der Waals surface area (Å²) in [7, 11) is 2.23. The van der Waals surface area contributed by atoms with Crippen molar-refractivity contribution in [1.82, 2.24) is 4.90 Å². The third-order valence-electron chi connectivity index (χ3n) is 4.14. The summed E-state index contributed by atoms with van der Waals surface area (Å²) in [6.07, 6.45) is 5.50. The van der Waals surface area contributed by atoms with Crippen LogP contribution in [0.15, 0.2) is 28.7 Å². The zero-order valence-electron chi connectivity index (χ0n) is 11.9. The van der Waals surface area contributed by atoms with E-state index in [0.717, 1.165) is 35.3 Å². The third-order valence-corrected chi connectivity index (χ3v) is 4.63. The molecule has 0 N–H and O–H groups in total. The Morgan fingerprint density at radius 1 is 1.32 bits per heavy atom. The van der Waals surface area contributed by atoms with Crippen LogP contribution >= 0.6 is 15.9 Å². The lowest BCUT2D eigenvalue weighted by Crippen LogP contribution is -2.40. The van der Waals surface area contributed by atoms with Gasteiger partial charge in [-0.1, -0.05) is 41.8 Å². The van der Waals surface area contributed by atoms with Gasteiger partial charge in [-0.3, -0.25) is 4.90 Å². The molecule has 0 radical (unpaired) electrons. The van der Waals surface area contributed by atoms with Crippen LogP contribution in [0.5, 0.6) is 5.75 Å². The van der Waals surface area contributed by atoms with Crippen molar-refractivity contribution < 1.29 is 4.74 Å². The molecular formula is C16H24BrNO. The van der Waals surface area contributed by atoms with E-state index in [1.165, 1.54) is 25.7 Å². The first-order chi connectivity index (χ1) is 9.16. The average molecular weight is 326 g/mol. The molecule has 0 bridgehead atoms. The van der Waals surface area contributed by atoms with E-state index in [1.54, 1.807) is 0 Å². The standard InChI is InChI=1S/C16H24BrNO/c1-13-6-3-4-9-16(13)18(2)10-11-19-15-8-5-7-14(17)12-15/h5,7-8,12-13,16H,3-4,6,9-11H2,1-2H3. The van der Waals surface area contributed by atoms with Crippen LogP contribution in [-0.4, -0.2) is 31.1 Å². The normalized spacial score (nSPS) is 23.6. The summed E-state index contributed by atoms with van der Waals surface area (Å²) in [5, 5.41) is 0. The van der Waals surface area contributed by atoms with Crippen LogP contribution in [0, 0.1) is 5.92 Å². The predicted molar refractivity (Wildman–Crippen MR) is 83.7 cm³/mol. The maximum Gasteiger partial charge on any atom is 0.120 e. The van der Waals surface area contributed by atoms with Gasteiger partial charge in [-0.25, -0.2) is 0 Å². The molecule has 106 valence electrons. The van der Waals surface area contributed by atoms with Gasteiger partial charge in [0.1, 0.15) is 12.4 Å². The smallest absolute Gasteiger partial charge is 0.120 e. The number of ether oxygens (including phenoxy) is 1. The lowest BCUT2D eigenvalue weighted by molar-refractivity contribution is 0.120. The van der Waals surface area contributed by atoms with E-state index in [4.69, 9.17) is 4.74 Å². The van der Waals surface area contributed by atoms with Crippen molar-refractivity contribution in [3.63, 3.8) is 0 Å². The van der Waals surface area contributed by atoms with Crippen molar-refractivity contribution in [2.75, 3.05) is 20.2 Å². The molecule has 2 rings (SSSR count). The highest BCUT2D eigenvalue weighted by Gasteiger charge is 2.24. The lowest BCUT2D eigenvalue weighted by Gasteiger charge is -2.36. The first-order valence-electron chi connectivity index (χ1n) is 7.25. The molecular weight excluding hydrogens is 302 g/mol. The number of likely N-dealkylation sites (N-methyl/N-ethyl adjacent to an activating group) is 1. The maximum atomic E-state index is 5.81. The molecule has 0 heterocycles. The van der Waals surface area contributed by atoms with Crippen LogP contribution < -0.4 is 4.74 Å². The fourth-order valence-electron chi connectivity index (χ4n) is 2.98. The summed E-state index contributed by atoms with van der Waals surface area (Å²) < 4.78 is 6.88. The second-order valence-electron chi connectivity index (χ2n) is 5.62. The van der Waals surface area contributed by atoms with Gasteiger partial charge in [-0.2, -0.15) is 0 Å². The summed E-state index contributed by atoms with van der Waals surface area (Å²) in [6.45, 7) is 4.15. The van der Waals surface area contributed by atoms with Crippen LogP contribution in [0.25, 0.3) is 0 Å². The van der Waals surface area contributed by atoms with Crippen molar-refractivity contribution in [3.8, 4) is 5.75 Å². The van der Waals surface area contributed by atoms with Gasteiger partial charge in [0, 0.05) is 17.1 Å². The Morgan fingerprint density at radius 2 is 2.11 bits per heavy atom. The molecule has 0 aliphatic heterocycles. The first kappa shape index (κ1) is 14.9. The minimum Gasteiger partial charge on any atom is -0.492 e. The molecule has 1 fully saturated rings. The molecule has 1 aromatic carbocycles. The van der Waals surface area contributed by atoms with E-state index in [9.17, 15) is 0 Å². The third kappa shape index (κ3) is 4.50. The summed E-state index contributed by atoms with van der Waals surface area (Å²) in [6, 6.07) is 8.78. The zero-order chi connectivity index (χ0) is 13.7. The van der Waals surface area contributed by atoms with Crippen LogP contribution in [0.2, 0.25) is 0 Å². The molecule has 1 aliphatic rings. The van der Waals surface area contributed by atoms with Crippen molar-refractivity contribution in [2.24, 2.45) is 5.92 Å². The number of halogens is 1. The Kier molecular flexibility index (Phi) is 5.71. The van der Waals surface area contributed by atoms with E-state index >= 15 is 0 Å². The van der Waals surface area contributed by atoms with Gasteiger partial charge in [0.2, 0.25) is 0 Å². The van der Waals surface area contributed by atoms with Crippen LogP contribution in [0.4, 0.5) is 0 Å². The van der Waals surface area contributed by atoms with E-state index < -0.39 is 0 Å². The molecule has 3 heteroatoms. The summed E-state index contributed by atoms with van der Waals surface area (Å²) in [5.41, 5.74) is 0. The van der Waals surface area contributed by atoms with E-state index in [-0.39, 0.29) is 0 Å². The molecule has 0 saturated heterocycles. The molecule has 2 unspecified atom stereocenters. The summed E-state index contributed by atoms with van der Waals surface area (Å²) in [4.78, 5) is 2.47. The van der Waals surface area contributed by atoms with Crippen LogP contribution in [0.3, 0.4) is 0 Å². The molecule has 19 heavy (non-hydrogen) atoms. The van der Waals surface area contributed by atoms with E-state index in [1.807, 2.05) is 24.3 Å². The summed E-state index contributed by atoms with van der Waals surface area (Å²) >= 11 is 3.46. The van der Waals surface area contributed by atoms with Gasteiger partial charge >= 0.3 is 0 Å². The van der Waals surface area contributed by atoms with Crippen LogP contribution in [0.1, 0.15) is 32.6 Å². The largest absolute Gasteiger partial charge is 0.492 e. The number of rotatable bonds is 5. The van der Waals surface area contributed by atoms with E-state index in [2.05, 4.69) is 34.8 Å². The highest BCUT2D eigenvalue weighted by Crippen LogP contribution is 2.27. The highest BCUT2D eigenvalue weighted by molar-refractivity contribution is 9.10. The van der Waals surface area contributed by atoms with Gasteiger partial charge < -0.3 is 4.74 Å². The minimum atomic E-state index is 0.736.